The third kappa shape index (κ3) is 4.61. The lowest BCUT2D eigenvalue weighted by molar-refractivity contribution is 0.300. The van der Waals surface area contributed by atoms with Crippen molar-refractivity contribution in [1.29, 1.82) is 0 Å². The van der Waals surface area contributed by atoms with Crippen molar-refractivity contribution in [3.8, 4) is 5.75 Å². The highest BCUT2D eigenvalue weighted by atomic mass is 32.1. The molecule has 19 heavy (non-hydrogen) atoms. The van der Waals surface area contributed by atoms with Crippen LogP contribution < -0.4 is 10.1 Å². The Morgan fingerprint density at radius 2 is 2.21 bits per heavy atom. The number of nitrogens with zero attached hydrogens (tertiary/aromatic N) is 2. The van der Waals surface area contributed by atoms with Crippen LogP contribution in [-0.4, -0.2) is 16.5 Å². The van der Waals surface area contributed by atoms with Gasteiger partial charge in [-0.05, 0) is 32.0 Å². The molecule has 2 rings (SSSR count). The standard InChI is InChI=1S/C14H19N3OS/c1-3-6-15-7-12-4-5-14(8-16-12)18-9-13-10-19-11(2)17-13/h4-5,8,10,15H,3,6-7,9H2,1-2H3. The molecule has 2 aromatic heterocycles. The molecule has 1 N–H and O–H groups in total. The molecule has 5 heteroatoms. The Morgan fingerprint density at radius 3 is 2.84 bits per heavy atom. The second-order valence-corrected chi connectivity index (χ2v) is 5.37. The maximum atomic E-state index is 5.65. The van der Waals surface area contributed by atoms with Gasteiger partial charge in [-0.15, -0.1) is 11.3 Å². The summed E-state index contributed by atoms with van der Waals surface area (Å²) in [4.78, 5) is 8.72. The molecule has 0 amide bonds. The van der Waals surface area contributed by atoms with Crippen LogP contribution in [0.3, 0.4) is 0 Å². The molecule has 2 heterocycles. The highest BCUT2D eigenvalue weighted by molar-refractivity contribution is 7.09. The molecule has 0 radical (unpaired) electrons. The van der Waals surface area contributed by atoms with Gasteiger partial charge in [0.25, 0.3) is 0 Å². The zero-order chi connectivity index (χ0) is 13.5. The Hall–Kier alpha value is -1.46. The van der Waals surface area contributed by atoms with Crippen LogP contribution in [0.4, 0.5) is 0 Å². The highest BCUT2D eigenvalue weighted by Crippen LogP contribution is 2.13. The van der Waals surface area contributed by atoms with E-state index in [9.17, 15) is 0 Å². The number of aromatic nitrogens is 2. The van der Waals surface area contributed by atoms with Crippen molar-refractivity contribution in [2.24, 2.45) is 0 Å². The SMILES string of the molecule is CCCNCc1ccc(OCc2csc(C)n2)cn1. The van der Waals surface area contributed by atoms with E-state index in [4.69, 9.17) is 4.74 Å². The van der Waals surface area contributed by atoms with E-state index in [0.717, 1.165) is 41.7 Å². The Balaban J connectivity index is 1.81. The average Bonchev–Trinajstić information content (AvgIpc) is 2.84. The zero-order valence-corrected chi connectivity index (χ0v) is 12.2. The van der Waals surface area contributed by atoms with Crippen LogP contribution in [0.2, 0.25) is 0 Å². The van der Waals surface area contributed by atoms with E-state index in [1.807, 2.05) is 24.4 Å². The minimum Gasteiger partial charge on any atom is -0.486 e. The van der Waals surface area contributed by atoms with Gasteiger partial charge in [-0.2, -0.15) is 0 Å². The molecule has 0 aliphatic heterocycles. The first kappa shape index (κ1) is 14.0. The maximum Gasteiger partial charge on any atom is 0.138 e. The average molecular weight is 277 g/mol. The van der Waals surface area contributed by atoms with Crippen molar-refractivity contribution in [2.75, 3.05) is 6.54 Å². The van der Waals surface area contributed by atoms with Gasteiger partial charge < -0.3 is 10.1 Å². The number of thiazole rings is 1. The summed E-state index contributed by atoms with van der Waals surface area (Å²) in [5, 5.41) is 6.40. The van der Waals surface area contributed by atoms with Gasteiger partial charge in [-0.3, -0.25) is 4.98 Å². The summed E-state index contributed by atoms with van der Waals surface area (Å²) in [7, 11) is 0. The number of ether oxygens (including phenoxy) is 1. The van der Waals surface area contributed by atoms with Crippen molar-refractivity contribution >= 4 is 11.3 Å². The van der Waals surface area contributed by atoms with Crippen molar-refractivity contribution in [1.82, 2.24) is 15.3 Å². The molecule has 0 atom stereocenters. The van der Waals surface area contributed by atoms with Crippen molar-refractivity contribution in [3.05, 3.63) is 40.1 Å². The van der Waals surface area contributed by atoms with Crippen LogP contribution in [0.1, 0.15) is 29.7 Å². The highest BCUT2D eigenvalue weighted by Gasteiger charge is 2.01. The summed E-state index contributed by atoms with van der Waals surface area (Å²) in [5.74, 6) is 0.782. The van der Waals surface area contributed by atoms with Crippen molar-refractivity contribution < 1.29 is 4.74 Å². The van der Waals surface area contributed by atoms with Crippen LogP contribution in [-0.2, 0) is 13.2 Å². The molecule has 0 spiro atoms. The largest absolute Gasteiger partial charge is 0.486 e. The molecule has 4 nitrogen and oxygen atoms in total. The Bertz CT molecular complexity index is 496. The predicted molar refractivity (Wildman–Crippen MR) is 77.4 cm³/mol. The maximum absolute atomic E-state index is 5.65. The van der Waals surface area contributed by atoms with Gasteiger partial charge in [0, 0.05) is 11.9 Å². The lowest BCUT2D eigenvalue weighted by Gasteiger charge is -2.06. The first-order valence-corrected chi connectivity index (χ1v) is 7.35. The number of nitrogens with one attached hydrogen (secondary N) is 1. The zero-order valence-electron chi connectivity index (χ0n) is 11.3. The first-order chi connectivity index (χ1) is 9.28. The van der Waals surface area contributed by atoms with Crippen LogP contribution in [0.5, 0.6) is 5.75 Å². The third-order valence-corrected chi connectivity index (χ3v) is 3.41. The second-order valence-electron chi connectivity index (χ2n) is 4.31. The summed E-state index contributed by atoms with van der Waals surface area (Å²) in [5.41, 5.74) is 2.00. The minimum atomic E-state index is 0.499. The Morgan fingerprint density at radius 1 is 1.32 bits per heavy atom. The van der Waals surface area contributed by atoms with Crippen LogP contribution in [0.25, 0.3) is 0 Å². The van der Waals surface area contributed by atoms with Gasteiger partial charge >= 0.3 is 0 Å². The molecular formula is C14H19N3OS. The van der Waals surface area contributed by atoms with Gasteiger partial charge in [-0.25, -0.2) is 4.98 Å². The smallest absolute Gasteiger partial charge is 0.138 e. The summed E-state index contributed by atoms with van der Waals surface area (Å²) < 4.78 is 5.65. The van der Waals surface area contributed by atoms with E-state index < -0.39 is 0 Å². The van der Waals surface area contributed by atoms with E-state index in [1.54, 1.807) is 17.5 Å². The van der Waals surface area contributed by atoms with E-state index in [1.165, 1.54) is 0 Å². The molecule has 102 valence electrons. The molecule has 0 bridgehead atoms. The predicted octanol–water partition coefficient (Wildman–Crippen LogP) is 2.93. The van der Waals surface area contributed by atoms with Crippen LogP contribution in [0, 0.1) is 6.92 Å². The van der Waals surface area contributed by atoms with Gasteiger partial charge in [0.15, 0.2) is 0 Å². The van der Waals surface area contributed by atoms with Crippen molar-refractivity contribution in [2.45, 2.75) is 33.4 Å². The fourth-order valence-electron chi connectivity index (χ4n) is 1.63. The van der Waals surface area contributed by atoms with E-state index in [-0.39, 0.29) is 0 Å². The molecule has 0 unspecified atom stereocenters. The summed E-state index contributed by atoms with van der Waals surface area (Å²) >= 11 is 1.64. The molecule has 2 aromatic rings. The fraction of sp³-hybridized carbons (Fsp3) is 0.429. The Labute approximate surface area is 117 Å². The van der Waals surface area contributed by atoms with Crippen molar-refractivity contribution in [3.63, 3.8) is 0 Å². The second kappa shape index (κ2) is 7.21. The normalized spacial score (nSPS) is 10.6. The van der Waals surface area contributed by atoms with E-state index in [2.05, 4.69) is 22.2 Å². The molecular weight excluding hydrogens is 258 g/mol. The number of pyridine rings is 1. The summed E-state index contributed by atoms with van der Waals surface area (Å²) in [6.45, 7) is 6.47. The van der Waals surface area contributed by atoms with Crippen LogP contribution in [0.15, 0.2) is 23.7 Å². The number of hydrogen-bond donors (Lipinski definition) is 1. The van der Waals surface area contributed by atoms with Gasteiger partial charge in [0.05, 0.1) is 22.6 Å². The Kier molecular flexibility index (Phi) is 5.30. The van der Waals surface area contributed by atoms with E-state index >= 15 is 0 Å². The lowest BCUT2D eigenvalue weighted by atomic mass is 10.3. The third-order valence-electron chi connectivity index (χ3n) is 2.58. The van der Waals surface area contributed by atoms with Gasteiger partial charge in [-0.1, -0.05) is 6.92 Å². The molecule has 0 fully saturated rings. The van der Waals surface area contributed by atoms with Crippen LogP contribution >= 0.6 is 11.3 Å². The lowest BCUT2D eigenvalue weighted by Crippen LogP contribution is -2.14. The molecule has 0 aromatic carbocycles. The number of aryl methyl sites for hydroxylation is 1. The van der Waals surface area contributed by atoms with Gasteiger partial charge in [0.1, 0.15) is 12.4 Å². The fourth-order valence-corrected chi connectivity index (χ4v) is 2.22. The summed E-state index contributed by atoms with van der Waals surface area (Å²) in [6, 6.07) is 3.94. The quantitative estimate of drug-likeness (QED) is 0.790. The monoisotopic (exact) mass is 277 g/mol. The molecule has 0 saturated carbocycles. The molecule has 0 saturated heterocycles. The minimum absolute atomic E-state index is 0.499. The topological polar surface area (TPSA) is 47.0 Å². The van der Waals surface area contributed by atoms with Gasteiger partial charge in [0.2, 0.25) is 0 Å². The van der Waals surface area contributed by atoms with E-state index in [0.29, 0.717) is 6.61 Å². The number of hydrogen-bond acceptors (Lipinski definition) is 5. The molecule has 0 aliphatic rings. The molecule has 0 aliphatic carbocycles. The first-order valence-electron chi connectivity index (χ1n) is 6.47. The summed E-state index contributed by atoms with van der Waals surface area (Å²) in [6.07, 6.45) is 2.90. The number of rotatable bonds is 7.